The van der Waals surface area contributed by atoms with Gasteiger partial charge in [-0.05, 0) is 24.3 Å². The Labute approximate surface area is 169 Å². The summed E-state index contributed by atoms with van der Waals surface area (Å²) in [5.41, 5.74) is 3.36. The van der Waals surface area contributed by atoms with E-state index in [-0.39, 0.29) is 0 Å². The first kappa shape index (κ1) is 17.5. The fraction of sp³-hybridized carbons (Fsp3) is 0. The number of nitrogens with zero attached hydrogens (tertiary/aromatic N) is 2. The third-order valence-corrected chi connectivity index (χ3v) is 5.37. The van der Waals surface area contributed by atoms with Gasteiger partial charge in [0.2, 0.25) is 0 Å². The van der Waals surface area contributed by atoms with Gasteiger partial charge in [0.1, 0.15) is 22.6 Å². The number of nitriles is 1. The third-order valence-electron chi connectivity index (χ3n) is 3.97. The minimum absolute atomic E-state index is 0.484. The first-order valence-corrected chi connectivity index (χ1v) is 9.89. The van der Waals surface area contributed by atoms with E-state index in [4.69, 9.17) is 4.42 Å². The first-order chi connectivity index (χ1) is 13.2. The summed E-state index contributed by atoms with van der Waals surface area (Å²) in [4.78, 5) is 4.61. The standard InChI is InChI=1S/C22H13BrN2OS/c23-18-8-6-15(7-9-18)20-14-27-22(25-20)17(13-24)12-19-10-11-21(26-19)16-4-2-1-3-5-16/h1-12,14H. The zero-order chi connectivity index (χ0) is 18.6. The largest absolute Gasteiger partial charge is 0.457 e. The van der Waals surface area contributed by atoms with Crippen molar-refractivity contribution in [1.82, 2.24) is 4.98 Å². The Morgan fingerprint density at radius 3 is 2.52 bits per heavy atom. The van der Waals surface area contributed by atoms with E-state index in [9.17, 15) is 5.26 Å². The fourth-order valence-corrected chi connectivity index (χ4v) is 3.68. The molecule has 0 unspecified atom stereocenters. The maximum atomic E-state index is 9.58. The fourth-order valence-electron chi connectivity index (χ4n) is 2.62. The third kappa shape index (κ3) is 3.92. The zero-order valence-corrected chi connectivity index (χ0v) is 16.5. The number of thiazole rings is 1. The molecule has 0 aliphatic rings. The van der Waals surface area contributed by atoms with E-state index >= 15 is 0 Å². The highest BCUT2D eigenvalue weighted by molar-refractivity contribution is 9.10. The van der Waals surface area contributed by atoms with Crippen molar-refractivity contribution >= 4 is 38.9 Å². The molecule has 2 heterocycles. The zero-order valence-electron chi connectivity index (χ0n) is 14.1. The van der Waals surface area contributed by atoms with Gasteiger partial charge in [0.25, 0.3) is 0 Å². The number of aromatic nitrogens is 1. The minimum atomic E-state index is 0.484. The number of allylic oxidation sites excluding steroid dienone is 1. The highest BCUT2D eigenvalue weighted by Gasteiger charge is 2.11. The van der Waals surface area contributed by atoms with E-state index in [1.54, 1.807) is 6.08 Å². The molecule has 0 spiro atoms. The Kier molecular flexibility index (Phi) is 5.01. The molecule has 130 valence electrons. The molecular weight excluding hydrogens is 420 g/mol. The number of rotatable bonds is 4. The van der Waals surface area contributed by atoms with Crippen LogP contribution in [0.4, 0.5) is 0 Å². The monoisotopic (exact) mass is 432 g/mol. The summed E-state index contributed by atoms with van der Waals surface area (Å²) in [6.07, 6.45) is 1.73. The van der Waals surface area contributed by atoms with Crippen molar-refractivity contribution < 1.29 is 4.42 Å². The van der Waals surface area contributed by atoms with Crippen LogP contribution < -0.4 is 0 Å². The van der Waals surface area contributed by atoms with E-state index in [2.05, 4.69) is 27.0 Å². The molecule has 0 N–H and O–H groups in total. The van der Waals surface area contributed by atoms with Crippen LogP contribution >= 0.6 is 27.3 Å². The molecule has 0 saturated heterocycles. The Morgan fingerprint density at radius 2 is 1.78 bits per heavy atom. The normalized spacial score (nSPS) is 11.3. The average Bonchev–Trinajstić information content (AvgIpc) is 3.37. The molecule has 2 aromatic carbocycles. The predicted molar refractivity (Wildman–Crippen MR) is 113 cm³/mol. The summed E-state index contributed by atoms with van der Waals surface area (Å²) >= 11 is 4.88. The molecular formula is C22H13BrN2OS. The number of furan rings is 1. The molecule has 0 amide bonds. The minimum Gasteiger partial charge on any atom is -0.457 e. The van der Waals surface area contributed by atoms with Crippen LogP contribution in [0.2, 0.25) is 0 Å². The van der Waals surface area contributed by atoms with Crippen molar-refractivity contribution in [3.63, 3.8) is 0 Å². The van der Waals surface area contributed by atoms with Crippen LogP contribution in [-0.2, 0) is 0 Å². The summed E-state index contributed by atoms with van der Waals surface area (Å²) < 4.78 is 6.89. The lowest BCUT2D eigenvalue weighted by molar-refractivity contribution is 0.572. The van der Waals surface area contributed by atoms with Crippen LogP contribution in [0.1, 0.15) is 10.8 Å². The van der Waals surface area contributed by atoms with Gasteiger partial charge in [0, 0.05) is 27.1 Å². The lowest BCUT2D eigenvalue weighted by Crippen LogP contribution is -1.82. The average molecular weight is 433 g/mol. The van der Waals surface area contributed by atoms with Crippen LogP contribution in [0.25, 0.3) is 34.2 Å². The molecule has 27 heavy (non-hydrogen) atoms. The van der Waals surface area contributed by atoms with Crippen LogP contribution in [-0.4, -0.2) is 4.98 Å². The second-order valence-corrected chi connectivity index (χ2v) is 7.56. The molecule has 0 atom stereocenters. The maximum Gasteiger partial charge on any atom is 0.134 e. The summed E-state index contributed by atoms with van der Waals surface area (Å²) in [7, 11) is 0. The molecule has 4 rings (SSSR count). The van der Waals surface area contributed by atoms with Crippen molar-refractivity contribution in [1.29, 1.82) is 5.26 Å². The molecule has 0 aliphatic carbocycles. The van der Waals surface area contributed by atoms with E-state index < -0.39 is 0 Å². The van der Waals surface area contributed by atoms with Crippen molar-refractivity contribution in [2.75, 3.05) is 0 Å². The van der Waals surface area contributed by atoms with Crippen molar-refractivity contribution in [2.24, 2.45) is 0 Å². The van der Waals surface area contributed by atoms with Gasteiger partial charge in [-0.25, -0.2) is 4.98 Å². The summed E-state index contributed by atoms with van der Waals surface area (Å²) in [6.45, 7) is 0. The number of halogens is 1. The van der Waals surface area contributed by atoms with E-state index in [0.717, 1.165) is 27.1 Å². The van der Waals surface area contributed by atoms with Crippen molar-refractivity contribution in [3.8, 4) is 28.7 Å². The van der Waals surface area contributed by atoms with Gasteiger partial charge < -0.3 is 4.42 Å². The Balaban J connectivity index is 1.62. The summed E-state index contributed by atoms with van der Waals surface area (Å²) in [5, 5.41) is 12.2. The second kappa shape index (κ2) is 7.75. The Hall–Kier alpha value is -2.94. The number of benzene rings is 2. The second-order valence-electron chi connectivity index (χ2n) is 5.78. The van der Waals surface area contributed by atoms with Gasteiger partial charge in [-0.3, -0.25) is 0 Å². The highest BCUT2D eigenvalue weighted by Crippen LogP contribution is 2.29. The number of hydrogen-bond acceptors (Lipinski definition) is 4. The van der Waals surface area contributed by atoms with Gasteiger partial charge >= 0.3 is 0 Å². The topological polar surface area (TPSA) is 49.8 Å². The predicted octanol–water partition coefficient (Wildman–Crippen LogP) is 6.90. The van der Waals surface area contributed by atoms with Gasteiger partial charge in [-0.2, -0.15) is 5.26 Å². The quantitative estimate of drug-likeness (QED) is 0.329. The lowest BCUT2D eigenvalue weighted by atomic mass is 10.2. The van der Waals surface area contributed by atoms with Gasteiger partial charge in [-0.1, -0.05) is 58.4 Å². The Bertz CT molecular complexity index is 1140. The SMILES string of the molecule is N#CC(=Cc1ccc(-c2ccccc2)o1)c1nc(-c2ccc(Br)cc2)cs1. The molecule has 0 aliphatic heterocycles. The van der Waals surface area contributed by atoms with E-state index in [1.165, 1.54) is 11.3 Å². The summed E-state index contributed by atoms with van der Waals surface area (Å²) in [6, 6.07) is 23.8. The molecule has 5 heteroatoms. The molecule has 4 aromatic rings. The molecule has 0 bridgehead atoms. The first-order valence-electron chi connectivity index (χ1n) is 8.22. The molecule has 3 nitrogen and oxygen atoms in total. The van der Waals surface area contributed by atoms with Gasteiger partial charge in [0.05, 0.1) is 11.3 Å². The number of hydrogen-bond donors (Lipinski definition) is 0. The molecule has 0 radical (unpaired) electrons. The maximum absolute atomic E-state index is 9.58. The highest BCUT2D eigenvalue weighted by atomic mass is 79.9. The van der Waals surface area contributed by atoms with E-state index in [0.29, 0.717) is 16.3 Å². The van der Waals surface area contributed by atoms with Crippen LogP contribution in [0.15, 0.2) is 81.0 Å². The van der Waals surface area contributed by atoms with Gasteiger partial charge in [-0.15, -0.1) is 11.3 Å². The summed E-state index contributed by atoms with van der Waals surface area (Å²) in [5.74, 6) is 1.40. The molecule has 2 aromatic heterocycles. The van der Waals surface area contributed by atoms with Crippen LogP contribution in [0.3, 0.4) is 0 Å². The van der Waals surface area contributed by atoms with E-state index in [1.807, 2.05) is 72.1 Å². The lowest BCUT2D eigenvalue weighted by Gasteiger charge is -1.97. The van der Waals surface area contributed by atoms with Crippen molar-refractivity contribution in [3.05, 3.63) is 87.4 Å². The van der Waals surface area contributed by atoms with Crippen molar-refractivity contribution in [2.45, 2.75) is 0 Å². The Morgan fingerprint density at radius 1 is 1.00 bits per heavy atom. The van der Waals surface area contributed by atoms with Gasteiger partial charge in [0.15, 0.2) is 0 Å². The molecule has 0 saturated carbocycles. The van der Waals surface area contributed by atoms with Crippen LogP contribution in [0.5, 0.6) is 0 Å². The smallest absolute Gasteiger partial charge is 0.134 e. The van der Waals surface area contributed by atoms with Crippen LogP contribution in [0, 0.1) is 11.3 Å². The molecule has 0 fully saturated rings.